The molecule has 2 aromatic carbocycles. The Kier molecular flexibility index (Phi) is 10.1. The van der Waals surface area contributed by atoms with E-state index in [-0.39, 0.29) is 5.91 Å². The van der Waals surface area contributed by atoms with Crippen LogP contribution in [-0.2, 0) is 4.79 Å². The number of amides is 1. The predicted octanol–water partition coefficient (Wildman–Crippen LogP) is 7.36. The number of halogens is 2. The highest BCUT2D eigenvalue weighted by Crippen LogP contribution is 2.46. The van der Waals surface area contributed by atoms with Crippen molar-refractivity contribution >= 4 is 74.9 Å². The summed E-state index contributed by atoms with van der Waals surface area (Å²) in [7, 11) is 3.05. The molecule has 0 aliphatic rings. The van der Waals surface area contributed by atoms with Crippen LogP contribution in [0, 0.1) is 6.92 Å². The lowest BCUT2D eigenvalue weighted by Crippen LogP contribution is -2.11. The number of methoxy groups -OCH3 is 2. The van der Waals surface area contributed by atoms with Gasteiger partial charge in [-0.3, -0.25) is 4.79 Å². The highest BCUT2D eigenvalue weighted by atomic mass is 35.5. The van der Waals surface area contributed by atoms with E-state index in [4.69, 9.17) is 42.6 Å². The van der Waals surface area contributed by atoms with Gasteiger partial charge in [0.2, 0.25) is 11.9 Å². The molecule has 4 rings (SSSR count). The largest absolute Gasteiger partial charge is 0.495 e. The first-order valence-electron chi connectivity index (χ1n) is 12.7. The average Bonchev–Trinajstić information content (AvgIpc) is 2.97. The fourth-order valence-electron chi connectivity index (χ4n) is 4.08. The number of para-hydroxylation sites is 1. The number of fused-ring (bicyclic) bond motifs is 1. The van der Waals surface area contributed by atoms with Crippen molar-refractivity contribution < 1.29 is 14.3 Å². The van der Waals surface area contributed by atoms with E-state index in [0.29, 0.717) is 73.4 Å². The number of hydrogen-bond donors (Lipinski definition) is 3. The number of aromatic nitrogens is 3. The monoisotopic (exact) mass is 612 g/mol. The molecular formula is C29H30Cl2N6O3S. The van der Waals surface area contributed by atoms with Gasteiger partial charge in [0.1, 0.15) is 17.0 Å². The minimum atomic E-state index is -0.322. The lowest BCUT2D eigenvalue weighted by atomic mass is 10.1. The van der Waals surface area contributed by atoms with Crippen LogP contribution in [0.1, 0.15) is 12.5 Å². The van der Waals surface area contributed by atoms with E-state index in [0.717, 1.165) is 17.1 Å². The Labute approximate surface area is 253 Å². The van der Waals surface area contributed by atoms with Crippen molar-refractivity contribution in [3.05, 3.63) is 64.8 Å². The Balaban J connectivity index is 1.83. The number of rotatable bonds is 12. The second kappa shape index (κ2) is 13.8. The van der Waals surface area contributed by atoms with Crippen LogP contribution in [0.15, 0.2) is 49.2 Å². The van der Waals surface area contributed by atoms with Gasteiger partial charge in [-0.2, -0.15) is 11.8 Å². The summed E-state index contributed by atoms with van der Waals surface area (Å²) in [5.74, 6) is 3.25. The van der Waals surface area contributed by atoms with Gasteiger partial charge >= 0.3 is 0 Å². The number of anilines is 4. The molecule has 0 aliphatic heterocycles. The standard InChI is InChI=1S/C29H30Cl2N6O3S/c1-6-22(38)34-18-10-8-9-16(3)26(18)36-29-33-15-17-13-19(35-28(27(17)37-29)32-11-12-41-7-2)23-24(30)20(39-4)14-21(40-5)25(23)31/h6,8-10,13-15H,1,7,11-12H2,2-5H3,(H,32,35)(H,34,38)(H,33,36,37). The molecule has 0 radical (unpaired) electrons. The number of aryl methyl sites for hydroxylation is 1. The minimum absolute atomic E-state index is 0.311. The highest BCUT2D eigenvalue weighted by Gasteiger charge is 2.22. The van der Waals surface area contributed by atoms with Crippen molar-refractivity contribution in [2.45, 2.75) is 13.8 Å². The minimum Gasteiger partial charge on any atom is -0.495 e. The number of ether oxygens (including phenoxy) is 2. The van der Waals surface area contributed by atoms with Gasteiger partial charge in [0.15, 0.2) is 5.82 Å². The summed E-state index contributed by atoms with van der Waals surface area (Å²) in [4.78, 5) is 26.2. The smallest absolute Gasteiger partial charge is 0.247 e. The third-order valence-electron chi connectivity index (χ3n) is 6.09. The van der Waals surface area contributed by atoms with Crippen LogP contribution in [-0.4, -0.2) is 53.1 Å². The van der Waals surface area contributed by atoms with Gasteiger partial charge in [-0.05, 0) is 36.4 Å². The summed E-state index contributed by atoms with van der Waals surface area (Å²) >= 11 is 15.2. The molecule has 0 unspecified atom stereocenters. The number of nitrogens with zero attached hydrogens (tertiary/aromatic N) is 3. The van der Waals surface area contributed by atoms with Crippen LogP contribution in [0.25, 0.3) is 22.2 Å². The predicted molar refractivity (Wildman–Crippen MR) is 171 cm³/mol. The summed E-state index contributed by atoms with van der Waals surface area (Å²) in [6.07, 6.45) is 2.91. The van der Waals surface area contributed by atoms with E-state index < -0.39 is 0 Å². The number of thioether (sulfide) groups is 1. The molecule has 41 heavy (non-hydrogen) atoms. The maximum Gasteiger partial charge on any atom is 0.247 e. The first-order chi connectivity index (χ1) is 19.8. The number of carbonyl (C=O) groups is 1. The fourth-order valence-corrected chi connectivity index (χ4v) is 5.31. The first-order valence-corrected chi connectivity index (χ1v) is 14.6. The highest BCUT2D eigenvalue weighted by molar-refractivity contribution is 7.99. The molecule has 12 heteroatoms. The van der Waals surface area contributed by atoms with Crippen LogP contribution in [0.4, 0.5) is 23.1 Å². The molecule has 9 nitrogen and oxygen atoms in total. The van der Waals surface area contributed by atoms with E-state index in [1.54, 1.807) is 18.3 Å². The quantitative estimate of drug-likeness (QED) is 0.112. The van der Waals surface area contributed by atoms with Gasteiger partial charge in [-0.25, -0.2) is 15.0 Å². The van der Waals surface area contributed by atoms with Gasteiger partial charge < -0.3 is 25.4 Å². The van der Waals surface area contributed by atoms with E-state index in [9.17, 15) is 4.79 Å². The van der Waals surface area contributed by atoms with Crippen LogP contribution in [0.3, 0.4) is 0 Å². The van der Waals surface area contributed by atoms with E-state index in [1.165, 1.54) is 20.3 Å². The SMILES string of the molecule is C=CC(=O)Nc1cccc(C)c1Nc1ncc2cc(-c3c(Cl)c(OC)cc(OC)c3Cl)nc(NCCSCC)c2n1. The van der Waals surface area contributed by atoms with Crippen molar-refractivity contribution in [3.63, 3.8) is 0 Å². The second-order valence-corrected chi connectivity index (χ2v) is 10.9. The van der Waals surface area contributed by atoms with Gasteiger partial charge in [0.25, 0.3) is 0 Å². The van der Waals surface area contributed by atoms with Gasteiger partial charge in [-0.1, -0.05) is 48.8 Å². The Bertz CT molecular complexity index is 1570. The molecule has 4 aromatic rings. The maximum absolute atomic E-state index is 12.0. The summed E-state index contributed by atoms with van der Waals surface area (Å²) in [5.41, 5.74) is 3.73. The van der Waals surface area contributed by atoms with Crippen LogP contribution >= 0.6 is 35.0 Å². The van der Waals surface area contributed by atoms with Crippen molar-refractivity contribution in [2.75, 3.05) is 48.2 Å². The maximum atomic E-state index is 12.0. The van der Waals surface area contributed by atoms with Crippen molar-refractivity contribution in [3.8, 4) is 22.8 Å². The molecule has 0 saturated heterocycles. The number of nitrogens with one attached hydrogen (secondary N) is 3. The van der Waals surface area contributed by atoms with E-state index >= 15 is 0 Å². The van der Waals surface area contributed by atoms with Crippen LogP contribution in [0.2, 0.25) is 10.0 Å². The normalized spacial score (nSPS) is 10.8. The second-order valence-electron chi connectivity index (χ2n) is 8.71. The Morgan fingerprint density at radius 1 is 1.12 bits per heavy atom. The first kappa shape index (κ1) is 30.2. The number of carbonyl (C=O) groups excluding carboxylic acids is 1. The Morgan fingerprint density at radius 3 is 2.51 bits per heavy atom. The Hall–Kier alpha value is -3.73. The van der Waals surface area contributed by atoms with Crippen molar-refractivity contribution in [1.82, 2.24) is 15.0 Å². The summed E-state index contributed by atoms with van der Waals surface area (Å²) < 4.78 is 10.9. The van der Waals surface area contributed by atoms with E-state index in [2.05, 4.69) is 34.4 Å². The van der Waals surface area contributed by atoms with E-state index in [1.807, 2.05) is 36.9 Å². The molecule has 0 aliphatic carbocycles. The molecule has 214 valence electrons. The third-order valence-corrected chi connectivity index (χ3v) is 7.74. The topological polar surface area (TPSA) is 110 Å². The molecular weight excluding hydrogens is 583 g/mol. The molecule has 2 heterocycles. The molecule has 3 N–H and O–H groups in total. The number of benzene rings is 2. The molecule has 0 atom stereocenters. The van der Waals surface area contributed by atoms with Gasteiger partial charge in [0.05, 0.1) is 41.3 Å². The summed E-state index contributed by atoms with van der Waals surface area (Å²) in [6.45, 7) is 8.23. The molecule has 1 amide bonds. The molecule has 0 bridgehead atoms. The third kappa shape index (κ3) is 6.78. The lowest BCUT2D eigenvalue weighted by molar-refractivity contribution is -0.111. The summed E-state index contributed by atoms with van der Waals surface area (Å²) in [5, 5.41) is 10.8. The van der Waals surface area contributed by atoms with Crippen LogP contribution < -0.4 is 25.4 Å². The fraction of sp³-hybridized carbons (Fsp3) is 0.241. The Morgan fingerprint density at radius 2 is 1.85 bits per heavy atom. The van der Waals surface area contributed by atoms with Gasteiger partial charge in [-0.15, -0.1) is 0 Å². The number of pyridine rings is 1. The average molecular weight is 614 g/mol. The lowest BCUT2D eigenvalue weighted by Gasteiger charge is -2.17. The zero-order valence-corrected chi connectivity index (χ0v) is 25.4. The molecule has 0 fully saturated rings. The molecule has 0 spiro atoms. The zero-order chi connectivity index (χ0) is 29.5. The summed E-state index contributed by atoms with van der Waals surface area (Å²) in [6, 6.07) is 9.02. The number of hydrogen-bond acceptors (Lipinski definition) is 9. The van der Waals surface area contributed by atoms with Crippen molar-refractivity contribution in [2.24, 2.45) is 0 Å². The molecule has 0 saturated carbocycles. The van der Waals surface area contributed by atoms with Crippen LogP contribution in [0.5, 0.6) is 11.5 Å². The molecule has 2 aromatic heterocycles. The zero-order valence-electron chi connectivity index (χ0n) is 23.1. The van der Waals surface area contributed by atoms with Crippen molar-refractivity contribution in [1.29, 1.82) is 0 Å². The van der Waals surface area contributed by atoms with Gasteiger partial charge in [0, 0.05) is 35.5 Å².